The number of hydrogen-bond donors (Lipinski definition) is 1. The molecular formula is C34H43ClN4O2. The lowest BCUT2D eigenvalue weighted by atomic mass is 10.0. The molecule has 3 aromatic carbocycles. The Balaban J connectivity index is 0.000000208. The van der Waals surface area contributed by atoms with Gasteiger partial charge in [0, 0.05) is 43.8 Å². The van der Waals surface area contributed by atoms with Crippen molar-refractivity contribution in [3.63, 3.8) is 0 Å². The molecule has 1 N–H and O–H groups in total. The number of hydrogen-bond acceptors (Lipinski definition) is 4. The molecular weight excluding hydrogens is 532 g/mol. The van der Waals surface area contributed by atoms with Crippen LogP contribution in [0.15, 0.2) is 60.7 Å². The summed E-state index contributed by atoms with van der Waals surface area (Å²) in [6.45, 7) is 14.4. The van der Waals surface area contributed by atoms with Gasteiger partial charge in [0.15, 0.2) is 0 Å². The number of piperazine rings is 1. The van der Waals surface area contributed by atoms with E-state index in [2.05, 4.69) is 78.1 Å². The van der Waals surface area contributed by atoms with Crippen molar-refractivity contribution in [3.8, 4) is 16.9 Å². The van der Waals surface area contributed by atoms with E-state index < -0.39 is 0 Å². The molecule has 1 saturated heterocycles. The van der Waals surface area contributed by atoms with E-state index in [9.17, 15) is 4.79 Å². The lowest BCUT2D eigenvalue weighted by molar-refractivity contribution is -0.129. The summed E-state index contributed by atoms with van der Waals surface area (Å²) in [5, 5.41) is 0.756. The number of rotatable bonds is 8. The first-order valence-electron chi connectivity index (χ1n) is 14.8. The highest BCUT2D eigenvalue weighted by Gasteiger charge is 2.18. The summed E-state index contributed by atoms with van der Waals surface area (Å²) < 4.78 is 6.05. The number of H-pyrrole nitrogens is 1. The first kappa shape index (κ1) is 30.4. The number of aryl methyl sites for hydroxylation is 2. The molecule has 1 amide bonds. The van der Waals surface area contributed by atoms with Crippen LogP contribution in [-0.4, -0.2) is 53.6 Å². The number of ether oxygens (including phenoxy) is 1. The molecule has 0 radical (unpaired) electrons. The summed E-state index contributed by atoms with van der Waals surface area (Å²) >= 11 is 5.95. The van der Waals surface area contributed by atoms with Crippen molar-refractivity contribution in [2.24, 2.45) is 5.92 Å². The minimum atomic E-state index is 0.158. The average molecular weight is 575 g/mol. The lowest BCUT2D eigenvalue weighted by Crippen LogP contribution is -2.48. The number of amides is 1. The average Bonchev–Trinajstić information content (AvgIpc) is 3.36. The number of halogens is 1. The summed E-state index contributed by atoms with van der Waals surface area (Å²) in [6, 6.07) is 20.8. The number of fused-ring (bicyclic) bond motifs is 1. The molecule has 1 aromatic heterocycles. The van der Waals surface area contributed by atoms with Crippen LogP contribution in [0.1, 0.15) is 51.9 Å². The third-order valence-corrected chi connectivity index (χ3v) is 8.07. The molecule has 1 fully saturated rings. The van der Waals surface area contributed by atoms with E-state index in [4.69, 9.17) is 16.3 Å². The molecule has 0 aliphatic carbocycles. The number of carbonyl (C=O) groups is 1. The minimum absolute atomic E-state index is 0.158. The van der Waals surface area contributed by atoms with Crippen molar-refractivity contribution in [2.75, 3.05) is 37.7 Å². The van der Waals surface area contributed by atoms with Crippen LogP contribution in [-0.2, 0) is 11.2 Å². The highest BCUT2D eigenvalue weighted by Crippen LogP contribution is 2.29. The Morgan fingerprint density at radius 3 is 2.44 bits per heavy atom. The highest BCUT2D eigenvalue weighted by atomic mass is 35.5. The fourth-order valence-corrected chi connectivity index (χ4v) is 5.20. The Kier molecular flexibility index (Phi) is 10.7. The van der Waals surface area contributed by atoms with Crippen molar-refractivity contribution >= 4 is 34.2 Å². The van der Waals surface area contributed by atoms with Crippen molar-refractivity contribution in [1.82, 2.24) is 14.9 Å². The highest BCUT2D eigenvalue weighted by molar-refractivity contribution is 6.30. The SMILES string of the molecule is CC(=O)N1CCN(c2cccc(Cl)c2)CC1.CCc1cc(-c2ccc3nc(C)[nH]c3c2)ccc1OCCC(C)CC. The Hall–Kier alpha value is -3.51. The lowest BCUT2D eigenvalue weighted by Gasteiger charge is -2.35. The standard InChI is InChI=1S/C22H28N2O.C12H15ClN2O/c1-5-15(3)11-12-25-22-10-8-18(13-17(22)6-2)19-7-9-20-21(14-19)24-16(4)23-20;1-10(16)14-5-7-15(8-6-14)12-4-2-3-11(13)9-12/h7-10,13-15H,5-6,11-12H2,1-4H3,(H,23,24);2-4,9H,5-8H2,1H3. The van der Waals surface area contributed by atoms with Gasteiger partial charge < -0.3 is 19.5 Å². The maximum Gasteiger partial charge on any atom is 0.219 e. The van der Waals surface area contributed by atoms with E-state index in [1.807, 2.05) is 30.0 Å². The zero-order chi connectivity index (χ0) is 29.4. The van der Waals surface area contributed by atoms with Crippen LogP contribution in [0.4, 0.5) is 5.69 Å². The summed E-state index contributed by atoms with van der Waals surface area (Å²) in [5.74, 6) is 2.85. The van der Waals surface area contributed by atoms with E-state index in [1.165, 1.54) is 23.1 Å². The fourth-order valence-electron chi connectivity index (χ4n) is 5.02. The molecule has 1 aliphatic heterocycles. The molecule has 218 valence electrons. The minimum Gasteiger partial charge on any atom is -0.493 e. The Bertz CT molecular complexity index is 1440. The summed E-state index contributed by atoms with van der Waals surface area (Å²) in [7, 11) is 0. The molecule has 1 aliphatic rings. The molecule has 0 spiro atoms. The second kappa shape index (κ2) is 14.4. The van der Waals surface area contributed by atoms with Gasteiger partial charge in [-0.15, -0.1) is 0 Å². The summed E-state index contributed by atoms with van der Waals surface area (Å²) in [5.41, 5.74) is 6.93. The predicted octanol–water partition coefficient (Wildman–Crippen LogP) is 7.92. The fraction of sp³-hybridized carbons (Fsp3) is 0.412. The van der Waals surface area contributed by atoms with Crippen LogP contribution >= 0.6 is 11.6 Å². The first-order chi connectivity index (χ1) is 19.8. The Labute approximate surface area is 249 Å². The van der Waals surface area contributed by atoms with E-state index in [0.717, 1.165) is 78.9 Å². The molecule has 0 saturated carbocycles. The normalized spacial score (nSPS) is 14.0. The van der Waals surface area contributed by atoms with Gasteiger partial charge in [-0.3, -0.25) is 4.79 Å². The van der Waals surface area contributed by atoms with Gasteiger partial charge in [-0.1, -0.05) is 57.0 Å². The molecule has 5 rings (SSSR count). The molecule has 0 bridgehead atoms. The first-order valence-corrected chi connectivity index (χ1v) is 15.1. The number of benzene rings is 3. The largest absolute Gasteiger partial charge is 0.493 e. The van der Waals surface area contributed by atoms with Crippen molar-refractivity contribution in [2.45, 2.75) is 53.9 Å². The van der Waals surface area contributed by atoms with Crippen molar-refractivity contribution in [1.29, 1.82) is 0 Å². The maximum atomic E-state index is 11.2. The van der Waals surface area contributed by atoms with Crippen LogP contribution < -0.4 is 9.64 Å². The number of aromatic nitrogens is 2. The second-order valence-corrected chi connectivity index (χ2v) is 11.3. The monoisotopic (exact) mass is 574 g/mol. The van der Waals surface area contributed by atoms with Gasteiger partial charge in [0.2, 0.25) is 5.91 Å². The third-order valence-electron chi connectivity index (χ3n) is 7.84. The number of aromatic amines is 1. The Morgan fingerprint density at radius 1 is 1.02 bits per heavy atom. The quantitative estimate of drug-likeness (QED) is 0.232. The number of imidazole rings is 1. The van der Waals surface area contributed by atoms with Gasteiger partial charge in [0.1, 0.15) is 11.6 Å². The molecule has 7 heteroatoms. The van der Waals surface area contributed by atoms with Gasteiger partial charge in [0.25, 0.3) is 0 Å². The van der Waals surface area contributed by atoms with E-state index in [0.29, 0.717) is 5.92 Å². The van der Waals surface area contributed by atoms with Gasteiger partial charge in [-0.2, -0.15) is 0 Å². The zero-order valence-corrected chi connectivity index (χ0v) is 25.8. The van der Waals surface area contributed by atoms with E-state index in [1.54, 1.807) is 6.92 Å². The molecule has 6 nitrogen and oxygen atoms in total. The third kappa shape index (κ3) is 8.26. The number of nitrogens with zero attached hydrogens (tertiary/aromatic N) is 3. The van der Waals surface area contributed by atoms with Crippen molar-refractivity contribution in [3.05, 3.63) is 77.1 Å². The van der Waals surface area contributed by atoms with Crippen LogP contribution in [0, 0.1) is 12.8 Å². The number of carbonyl (C=O) groups excluding carboxylic acids is 1. The van der Waals surface area contributed by atoms with Gasteiger partial charge in [0.05, 0.1) is 17.6 Å². The van der Waals surface area contributed by atoms with Crippen LogP contribution in [0.2, 0.25) is 5.02 Å². The molecule has 1 unspecified atom stereocenters. The molecule has 4 aromatic rings. The van der Waals surface area contributed by atoms with Crippen LogP contribution in [0.3, 0.4) is 0 Å². The van der Waals surface area contributed by atoms with Gasteiger partial charge >= 0.3 is 0 Å². The molecule has 1 atom stereocenters. The van der Waals surface area contributed by atoms with E-state index >= 15 is 0 Å². The summed E-state index contributed by atoms with van der Waals surface area (Å²) in [6.07, 6.45) is 3.29. The molecule has 41 heavy (non-hydrogen) atoms. The van der Waals surface area contributed by atoms with E-state index in [-0.39, 0.29) is 5.91 Å². The number of anilines is 1. The van der Waals surface area contributed by atoms with Crippen molar-refractivity contribution < 1.29 is 9.53 Å². The van der Waals surface area contributed by atoms with Crippen LogP contribution in [0.25, 0.3) is 22.2 Å². The van der Waals surface area contributed by atoms with Gasteiger partial charge in [-0.25, -0.2) is 4.98 Å². The number of nitrogens with one attached hydrogen (secondary N) is 1. The second-order valence-electron chi connectivity index (χ2n) is 10.9. The smallest absolute Gasteiger partial charge is 0.219 e. The zero-order valence-electron chi connectivity index (χ0n) is 25.0. The maximum absolute atomic E-state index is 11.2. The topological polar surface area (TPSA) is 61.5 Å². The van der Waals surface area contributed by atoms with Crippen LogP contribution in [0.5, 0.6) is 5.75 Å². The predicted molar refractivity (Wildman–Crippen MR) is 171 cm³/mol. The molecule has 2 heterocycles. The summed E-state index contributed by atoms with van der Waals surface area (Å²) in [4.78, 5) is 23.1. The van der Waals surface area contributed by atoms with Gasteiger partial charge in [-0.05, 0) is 84.8 Å². The Morgan fingerprint density at radius 2 is 1.76 bits per heavy atom.